The SMILES string of the molecule is CCC(N)(CC)CNC(=O)c1sc(C2CCCC2)nc1C.Cl.Cl. The molecule has 1 aliphatic carbocycles. The highest BCUT2D eigenvalue weighted by Gasteiger charge is 2.25. The molecule has 1 aliphatic rings. The molecule has 7 heteroatoms. The summed E-state index contributed by atoms with van der Waals surface area (Å²) in [5.41, 5.74) is 6.79. The number of carbonyl (C=O) groups is 1. The molecule has 0 spiro atoms. The lowest BCUT2D eigenvalue weighted by molar-refractivity contribution is 0.0945. The van der Waals surface area contributed by atoms with Gasteiger partial charge in [-0.15, -0.1) is 36.2 Å². The highest BCUT2D eigenvalue weighted by molar-refractivity contribution is 7.13. The largest absolute Gasteiger partial charge is 0.349 e. The van der Waals surface area contributed by atoms with Crippen molar-refractivity contribution in [2.24, 2.45) is 5.73 Å². The van der Waals surface area contributed by atoms with Crippen LogP contribution in [0.1, 0.15) is 78.7 Å². The fourth-order valence-electron chi connectivity index (χ4n) is 2.81. The van der Waals surface area contributed by atoms with Crippen LogP contribution >= 0.6 is 36.2 Å². The molecule has 0 radical (unpaired) electrons. The van der Waals surface area contributed by atoms with E-state index < -0.39 is 0 Å². The third-order valence-corrected chi connectivity index (χ3v) is 6.05. The number of hydrogen-bond acceptors (Lipinski definition) is 4. The van der Waals surface area contributed by atoms with Crippen molar-refractivity contribution in [3.8, 4) is 0 Å². The van der Waals surface area contributed by atoms with Crippen LogP contribution in [0.25, 0.3) is 0 Å². The number of nitrogens with two attached hydrogens (primary N) is 1. The van der Waals surface area contributed by atoms with Gasteiger partial charge in [0.05, 0.1) is 10.7 Å². The molecule has 1 fully saturated rings. The Labute approximate surface area is 155 Å². The third kappa shape index (κ3) is 5.59. The van der Waals surface area contributed by atoms with Crippen molar-refractivity contribution >= 4 is 42.1 Å². The average molecular weight is 382 g/mol. The first-order valence-corrected chi connectivity index (χ1v) is 8.85. The van der Waals surface area contributed by atoms with Gasteiger partial charge >= 0.3 is 0 Å². The van der Waals surface area contributed by atoms with Crippen LogP contribution in [0, 0.1) is 6.92 Å². The van der Waals surface area contributed by atoms with Crippen molar-refractivity contribution in [3.05, 3.63) is 15.6 Å². The lowest BCUT2D eigenvalue weighted by Gasteiger charge is -2.26. The summed E-state index contributed by atoms with van der Waals surface area (Å²) in [6.07, 6.45) is 6.72. The molecule has 1 aromatic heterocycles. The molecule has 1 aromatic rings. The van der Waals surface area contributed by atoms with Gasteiger partial charge in [0.25, 0.3) is 5.91 Å². The zero-order valence-corrected chi connectivity index (χ0v) is 16.6. The molecule has 3 N–H and O–H groups in total. The zero-order valence-electron chi connectivity index (χ0n) is 14.2. The predicted octanol–water partition coefficient (Wildman–Crippen LogP) is 4.20. The first kappa shape index (κ1) is 22.6. The number of hydrogen-bond donors (Lipinski definition) is 2. The minimum Gasteiger partial charge on any atom is -0.349 e. The Morgan fingerprint density at radius 1 is 1.30 bits per heavy atom. The maximum absolute atomic E-state index is 12.4. The molecule has 0 unspecified atom stereocenters. The minimum absolute atomic E-state index is 0. The van der Waals surface area contributed by atoms with E-state index in [2.05, 4.69) is 24.1 Å². The molecule has 134 valence electrons. The number of aryl methyl sites for hydroxylation is 1. The topological polar surface area (TPSA) is 68.0 Å². The van der Waals surface area contributed by atoms with Crippen molar-refractivity contribution in [3.63, 3.8) is 0 Å². The molecule has 0 bridgehead atoms. The quantitative estimate of drug-likeness (QED) is 0.775. The Hall–Kier alpha value is -0.360. The van der Waals surface area contributed by atoms with Gasteiger partial charge in [0.15, 0.2) is 0 Å². The summed E-state index contributed by atoms with van der Waals surface area (Å²) < 4.78 is 0. The van der Waals surface area contributed by atoms with E-state index >= 15 is 0 Å². The summed E-state index contributed by atoms with van der Waals surface area (Å²) in [6, 6.07) is 0. The Morgan fingerprint density at radius 2 is 1.87 bits per heavy atom. The van der Waals surface area contributed by atoms with E-state index in [1.54, 1.807) is 11.3 Å². The van der Waals surface area contributed by atoms with Crippen LogP contribution < -0.4 is 11.1 Å². The van der Waals surface area contributed by atoms with E-state index in [9.17, 15) is 4.79 Å². The Morgan fingerprint density at radius 3 is 2.39 bits per heavy atom. The summed E-state index contributed by atoms with van der Waals surface area (Å²) in [6.45, 7) is 6.58. The fraction of sp³-hybridized carbons (Fsp3) is 0.750. The van der Waals surface area contributed by atoms with E-state index in [1.807, 2.05) is 6.92 Å². The van der Waals surface area contributed by atoms with Gasteiger partial charge in [0.2, 0.25) is 0 Å². The van der Waals surface area contributed by atoms with Crippen LogP contribution in [-0.2, 0) is 0 Å². The molecular formula is C16H29Cl2N3OS. The molecule has 0 aromatic carbocycles. The lowest BCUT2D eigenvalue weighted by atomic mass is 9.94. The smallest absolute Gasteiger partial charge is 0.263 e. The second-order valence-corrected chi connectivity index (χ2v) is 7.23. The van der Waals surface area contributed by atoms with E-state index in [0.29, 0.717) is 12.5 Å². The maximum atomic E-state index is 12.4. The predicted molar refractivity (Wildman–Crippen MR) is 102 cm³/mol. The minimum atomic E-state index is -0.303. The molecule has 4 nitrogen and oxygen atoms in total. The summed E-state index contributed by atoms with van der Waals surface area (Å²) in [5.74, 6) is 0.543. The van der Waals surface area contributed by atoms with Crippen molar-refractivity contribution in [1.29, 1.82) is 0 Å². The Bertz CT molecular complexity index is 498. The highest BCUT2D eigenvalue weighted by Crippen LogP contribution is 2.37. The van der Waals surface area contributed by atoms with Crippen LogP contribution in [0.5, 0.6) is 0 Å². The molecule has 23 heavy (non-hydrogen) atoms. The van der Waals surface area contributed by atoms with Gasteiger partial charge in [-0.2, -0.15) is 0 Å². The number of nitrogens with zero attached hydrogens (tertiary/aromatic N) is 1. The van der Waals surface area contributed by atoms with E-state index in [0.717, 1.165) is 28.4 Å². The molecule has 0 aliphatic heterocycles. The summed E-state index contributed by atoms with van der Waals surface area (Å²) in [4.78, 5) is 17.8. The highest BCUT2D eigenvalue weighted by atomic mass is 35.5. The van der Waals surface area contributed by atoms with E-state index in [1.165, 1.54) is 25.7 Å². The van der Waals surface area contributed by atoms with Crippen molar-refractivity contribution in [1.82, 2.24) is 10.3 Å². The number of amides is 1. The van der Waals surface area contributed by atoms with Gasteiger partial charge in [-0.1, -0.05) is 26.7 Å². The normalized spacial score (nSPS) is 15.0. The van der Waals surface area contributed by atoms with Gasteiger partial charge in [-0.3, -0.25) is 4.79 Å². The first-order valence-electron chi connectivity index (χ1n) is 8.03. The number of halogens is 2. The molecule has 0 atom stereocenters. The second kappa shape index (κ2) is 9.82. The fourth-order valence-corrected chi connectivity index (χ4v) is 3.96. The Balaban J connectivity index is 0.00000242. The number of rotatable bonds is 6. The van der Waals surface area contributed by atoms with Crippen LogP contribution in [-0.4, -0.2) is 23.0 Å². The average Bonchev–Trinajstić information content (AvgIpc) is 3.13. The van der Waals surface area contributed by atoms with E-state index in [-0.39, 0.29) is 36.3 Å². The summed E-state index contributed by atoms with van der Waals surface area (Å²) >= 11 is 1.57. The number of aromatic nitrogens is 1. The van der Waals surface area contributed by atoms with Gasteiger partial charge in [0.1, 0.15) is 4.88 Å². The molecular weight excluding hydrogens is 353 g/mol. The lowest BCUT2D eigenvalue weighted by Crippen LogP contribution is -2.49. The van der Waals surface area contributed by atoms with Crippen molar-refractivity contribution in [2.45, 2.75) is 70.8 Å². The molecule has 0 saturated heterocycles. The Kier molecular flexibility index (Phi) is 9.67. The first-order chi connectivity index (χ1) is 9.99. The van der Waals surface area contributed by atoms with Crippen molar-refractivity contribution < 1.29 is 4.79 Å². The third-order valence-electron chi connectivity index (χ3n) is 4.73. The monoisotopic (exact) mass is 381 g/mol. The summed E-state index contributed by atoms with van der Waals surface area (Å²) in [5, 5.41) is 4.13. The maximum Gasteiger partial charge on any atom is 0.263 e. The summed E-state index contributed by atoms with van der Waals surface area (Å²) in [7, 11) is 0. The van der Waals surface area contributed by atoms with Crippen LogP contribution in [0.4, 0.5) is 0 Å². The van der Waals surface area contributed by atoms with Gasteiger partial charge in [-0.05, 0) is 32.6 Å². The molecule has 2 rings (SSSR count). The van der Waals surface area contributed by atoms with Gasteiger partial charge in [0, 0.05) is 18.0 Å². The molecule has 1 amide bonds. The zero-order chi connectivity index (χ0) is 15.5. The number of nitrogens with one attached hydrogen (secondary N) is 1. The van der Waals surface area contributed by atoms with Crippen LogP contribution in [0.15, 0.2) is 0 Å². The van der Waals surface area contributed by atoms with Gasteiger partial charge in [-0.25, -0.2) is 4.98 Å². The van der Waals surface area contributed by atoms with Crippen LogP contribution in [0.3, 0.4) is 0 Å². The number of thiazole rings is 1. The van der Waals surface area contributed by atoms with Gasteiger partial charge < -0.3 is 11.1 Å². The van der Waals surface area contributed by atoms with E-state index in [4.69, 9.17) is 5.73 Å². The number of carbonyl (C=O) groups excluding carboxylic acids is 1. The molecule has 1 heterocycles. The van der Waals surface area contributed by atoms with Crippen LogP contribution in [0.2, 0.25) is 0 Å². The standard InChI is InChI=1S/C16H27N3OS.2ClH/c1-4-16(17,5-2)10-18-14(20)13-11(3)19-15(21-13)12-8-6-7-9-12;;/h12H,4-10,17H2,1-3H3,(H,18,20);2*1H. The van der Waals surface area contributed by atoms with Crippen molar-refractivity contribution in [2.75, 3.05) is 6.54 Å². The molecule has 1 saturated carbocycles. The second-order valence-electron chi connectivity index (χ2n) is 6.20.